The van der Waals surface area contributed by atoms with Crippen LogP contribution in [0.1, 0.15) is 46.5 Å². The number of piperidine rings is 2. The van der Waals surface area contributed by atoms with Gasteiger partial charge in [-0.05, 0) is 63.5 Å². The van der Waals surface area contributed by atoms with Gasteiger partial charge in [0.05, 0.1) is 6.04 Å². The number of amides is 1. The summed E-state index contributed by atoms with van der Waals surface area (Å²) < 4.78 is 6.99. The average Bonchev–Trinajstić information content (AvgIpc) is 3.14. The van der Waals surface area contributed by atoms with Crippen LogP contribution in [0.15, 0.2) is 0 Å². The average molecular weight is 368 g/mol. The number of carbonyl (C=O) groups excluding carboxylic acids is 1. The van der Waals surface area contributed by atoms with Crippen molar-refractivity contribution in [3.63, 3.8) is 0 Å². The molecule has 4 bridgehead atoms. The van der Waals surface area contributed by atoms with Gasteiger partial charge in [-0.2, -0.15) is 4.74 Å². The largest absolute Gasteiger partial charge is 0.623 e. The number of carbonyl (C=O) groups is 1. The maximum absolute atomic E-state index is 13.1. The molecule has 5 aliphatic rings. The highest BCUT2D eigenvalue weighted by Crippen LogP contribution is 2.52. The van der Waals surface area contributed by atoms with Crippen molar-refractivity contribution in [2.75, 3.05) is 12.8 Å². The van der Waals surface area contributed by atoms with Crippen molar-refractivity contribution < 1.29 is 14.3 Å². The first-order valence-electron chi connectivity index (χ1n) is 9.31. The van der Waals surface area contributed by atoms with Crippen LogP contribution in [-0.2, 0) is 4.74 Å². The molecule has 2 saturated carbocycles. The number of nitrogens with zero attached hydrogens (tertiary/aromatic N) is 2. The fourth-order valence-corrected chi connectivity index (χ4v) is 6.06. The van der Waals surface area contributed by atoms with Crippen LogP contribution in [-0.4, -0.2) is 56.8 Å². The summed E-state index contributed by atoms with van der Waals surface area (Å²) in [5, 5.41) is 13.1. The number of hydrogen-bond acceptors (Lipinski definition) is 5. The molecule has 2 N–H and O–H groups in total. The van der Waals surface area contributed by atoms with Gasteiger partial charge < -0.3 is 15.7 Å². The molecule has 6 nitrogen and oxygen atoms in total. The summed E-state index contributed by atoms with van der Waals surface area (Å²) in [4.78, 5) is 14.9. The lowest BCUT2D eigenvalue weighted by Gasteiger charge is -2.62. The number of hydroxylamine groups is 1. The molecule has 2 aliphatic carbocycles. The Balaban J connectivity index is 1.56. The summed E-state index contributed by atoms with van der Waals surface area (Å²) in [6.45, 7) is 6.57. The monoisotopic (exact) mass is 367 g/mol. The highest BCUT2D eigenvalue weighted by Gasteiger charge is 2.66. The Morgan fingerprint density at radius 3 is 2.72 bits per heavy atom. The van der Waals surface area contributed by atoms with Gasteiger partial charge in [-0.15, -0.1) is 0 Å². The summed E-state index contributed by atoms with van der Waals surface area (Å²) >= 11 is 1.41. The molecule has 7 heteroatoms. The molecule has 0 radical (unpaired) electrons. The molecule has 0 aromatic rings. The van der Waals surface area contributed by atoms with Crippen LogP contribution in [0.4, 0.5) is 4.79 Å². The van der Waals surface area contributed by atoms with E-state index in [4.69, 9.17) is 10.5 Å². The molecule has 3 aliphatic heterocycles. The van der Waals surface area contributed by atoms with Crippen molar-refractivity contribution >= 4 is 22.9 Å². The summed E-state index contributed by atoms with van der Waals surface area (Å²) in [7, 11) is 0. The van der Waals surface area contributed by atoms with Crippen molar-refractivity contribution in [1.29, 1.82) is 0 Å². The summed E-state index contributed by atoms with van der Waals surface area (Å²) in [5.41, 5.74) is 5.61. The molecule has 25 heavy (non-hydrogen) atoms. The Labute approximate surface area is 153 Å². The topological polar surface area (TPSA) is 81.6 Å². The first-order chi connectivity index (χ1) is 11.6. The van der Waals surface area contributed by atoms with Gasteiger partial charge in [0.15, 0.2) is 6.54 Å². The standard InChI is InChI=1S/C18H29N3O3S/c1-10-5-11(10)6-17(2,3)24-16(22)21-13-9-20(23)15(25-4)14(21)18(19)7-12(13)8-18/h10-14H,5-9,19H2,1-4H3/t10?,11-,12?,13?,14?,18?/m1/s1. The molecular formula is C18H29N3O3S. The Morgan fingerprint density at radius 2 is 2.16 bits per heavy atom. The minimum absolute atomic E-state index is 0.0769. The van der Waals surface area contributed by atoms with Crippen LogP contribution >= 0.6 is 11.8 Å². The summed E-state index contributed by atoms with van der Waals surface area (Å²) in [6.07, 6.45) is 5.50. The fourth-order valence-electron chi connectivity index (χ4n) is 5.21. The van der Waals surface area contributed by atoms with E-state index >= 15 is 0 Å². The molecule has 3 heterocycles. The Kier molecular flexibility index (Phi) is 3.86. The fraction of sp³-hybridized carbons (Fsp3) is 0.889. The second-order valence-corrected chi connectivity index (χ2v) is 10.0. The van der Waals surface area contributed by atoms with E-state index in [0.717, 1.165) is 29.9 Å². The van der Waals surface area contributed by atoms with Gasteiger partial charge in [0, 0.05) is 5.54 Å². The van der Waals surface area contributed by atoms with Gasteiger partial charge >= 0.3 is 6.09 Å². The van der Waals surface area contributed by atoms with Crippen molar-refractivity contribution in [2.24, 2.45) is 23.5 Å². The van der Waals surface area contributed by atoms with Gasteiger partial charge in [-0.3, -0.25) is 4.90 Å². The molecule has 1 amide bonds. The maximum Gasteiger partial charge on any atom is 0.411 e. The van der Waals surface area contributed by atoms with Gasteiger partial charge in [0.25, 0.3) is 0 Å². The Morgan fingerprint density at radius 1 is 1.52 bits per heavy atom. The molecule has 4 atom stereocenters. The number of nitrogens with two attached hydrogens (primary N) is 1. The normalized spacial score (nSPS) is 42.1. The van der Waals surface area contributed by atoms with Gasteiger partial charge in [-0.25, -0.2) is 4.79 Å². The van der Waals surface area contributed by atoms with Crippen molar-refractivity contribution in [3.8, 4) is 0 Å². The van der Waals surface area contributed by atoms with Crippen LogP contribution in [0.3, 0.4) is 0 Å². The van der Waals surface area contributed by atoms with Crippen molar-refractivity contribution in [3.05, 3.63) is 5.21 Å². The van der Waals surface area contributed by atoms with E-state index in [-0.39, 0.29) is 18.2 Å². The summed E-state index contributed by atoms with van der Waals surface area (Å²) in [5.74, 6) is 1.71. The SMILES string of the molecule is CSC1=[N+]([O-])CC2C3CC(N)(C3)C1N2C(=O)OC(C)(C)C[C@H]1CC1C. The molecule has 3 unspecified atom stereocenters. The lowest BCUT2D eigenvalue weighted by Crippen LogP contribution is -2.81. The number of rotatable bonds is 3. The number of thioether (sulfide) groups is 1. The third kappa shape index (κ3) is 2.74. The molecule has 0 spiro atoms. The molecular weight excluding hydrogens is 338 g/mol. The second-order valence-electron chi connectivity index (χ2n) is 9.19. The number of ether oxygens (including phenoxy) is 1. The minimum Gasteiger partial charge on any atom is -0.623 e. The molecule has 0 aromatic carbocycles. The predicted molar refractivity (Wildman–Crippen MR) is 98.5 cm³/mol. The predicted octanol–water partition coefficient (Wildman–Crippen LogP) is 2.39. The van der Waals surface area contributed by atoms with Crippen LogP contribution in [0.5, 0.6) is 0 Å². The third-order valence-corrected chi connectivity index (χ3v) is 7.50. The van der Waals surface area contributed by atoms with Crippen LogP contribution in [0, 0.1) is 23.0 Å². The van der Waals surface area contributed by atoms with E-state index in [0.29, 0.717) is 23.4 Å². The van der Waals surface area contributed by atoms with Crippen LogP contribution < -0.4 is 5.73 Å². The van der Waals surface area contributed by atoms with E-state index < -0.39 is 11.1 Å². The van der Waals surface area contributed by atoms with Gasteiger partial charge in [0.2, 0.25) is 5.04 Å². The highest BCUT2D eigenvalue weighted by molar-refractivity contribution is 8.13. The first kappa shape index (κ1) is 17.5. The smallest absolute Gasteiger partial charge is 0.411 e. The minimum atomic E-state index is -0.485. The van der Waals surface area contributed by atoms with E-state index in [1.165, 1.54) is 18.2 Å². The second kappa shape index (κ2) is 5.52. The lowest BCUT2D eigenvalue weighted by molar-refractivity contribution is -0.481. The van der Waals surface area contributed by atoms with Crippen molar-refractivity contribution in [1.82, 2.24) is 4.90 Å². The zero-order chi connectivity index (χ0) is 18.1. The van der Waals surface area contributed by atoms with Crippen molar-refractivity contribution in [2.45, 2.75) is 69.7 Å². The zero-order valence-electron chi connectivity index (χ0n) is 15.5. The van der Waals surface area contributed by atoms with Crippen LogP contribution in [0.2, 0.25) is 0 Å². The molecule has 0 aromatic heterocycles. The number of hydrogen-bond donors (Lipinski definition) is 1. The molecule has 4 fully saturated rings. The van der Waals surface area contributed by atoms with E-state index in [1.807, 2.05) is 20.1 Å². The van der Waals surface area contributed by atoms with E-state index in [2.05, 4.69) is 6.92 Å². The molecule has 2 saturated heterocycles. The Bertz CT molecular complexity index is 629. The molecule has 5 rings (SSSR count). The van der Waals surface area contributed by atoms with Crippen LogP contribution in [0.25, 0.3) is 0 Å². The lowest BCUT2D eigenvalue weighted by atomic mass is 9.57. The van der Waals surface area contributed by atoms with Gasteiger partial charge in [-0.1, -0.05) is 18.7 Å². The maximum atomic E-state index is 13.1. The summed E-state index contributed by atoms with van der Waals surface area (Å²) in [6, 6.07) is -0.418. The quantitative estimate of drug-likeness (QED) is 0.612. The molecule has 140 valence electrons. The van der Waals surface area contributed by atoms with Gasteiger partial charge in [0.1, 0.15) is 11.6 Å². The zero-order valence-corrected chi connectivity index (χ0v) is 16.3. The van der Waals surface area contributed by atoms with E-state index in [1.54, 1.807) is 4.90 Å². The first-order valence-corrected chi connectivity index (χ1v) is 10.5. The third-order valence-electron chi connectivity index (χ3n) is 6.65. The Hall–Kier alpha value is -0.950. The van der Waals surface area contributed by atoms with E-state index in [9.17, 15) is 10.0 Å². The highest BCUT2D eigenvalue weighted by atomic mass is 32.2.